The van der Waals surface area contributed by atoms with E-state index in [4.69, 9.17) is 4.74 Å². The predicted molar refractivity (Wildman–Crippen MR) is 101 cm³/mol. The molecule has 5 nitrogen and oxygen atoms in total. The maximum Gasteiger partial charge on any atom is 0.246 e. The van der Waals surface area contributed by atoms with Crippen LogP contribution in [0.3, 0.4) is 0 Å². The summed E-state index contributed by atoms with van der Waals surface area (Å²) in [5.74, 6) is -0.465. The molecule has 3 rings (SSSR count). The van der Waals surface area contributed by atoms with Gasteiger partial charge in [0.05, 0.1) is 11.5 Å². The fraction of sp³-hybridized carbons (Fsp3) is 0.350. The second kappa shape index (κ2) is 7.21. The Balaban J connectivity index is 1.93. The molecule has 26 heavy (non-hydrogen) atoms. The molecule has 0 atom stereocenters. The van der Waals surface area contributed by atoms with Crippen LogP contribution in [0.4, 0.5) is 5.69 Å². The number of carbonyl (C=O) groups is 1. The van der Waals surface area contributed by atoms with Crippen molar-refractivity contribution in [1.29, 1.82) is 0 Å². The first kappa shape index (κ1) is 18.6. The number of nitrogens with one attached hydrogen (secondary N) is 1. The van der Waals surface area contributed by atoms with Crippen molar-refractivity contribution < 1.29 is 17.9 Å². The second-order valence-corrected chi connectivity index (χ2v) is 8.97. The van der Waals surface area contributed by atoms with E-state index in [0.717, 1.165) is 17.5 Å². The highest BCUT2D eigenvalue weighted by Gasteiger charge is 2.55. The lowest BCUT2D eigenvalue weighted by molar-refractivity contribution is -0.120. The van der Waals surface area contributed by atoms with Crippen LogP contribution in [-0.2, 0) is 26.0 Å². The summed E-state index contributed by atoms with van der Waals surface area (Å²) < 4.78 is 30.2. The maximum absolute atomic E-state index is 13.2. The average molecular weight is 373 g/mol. The van der Waals surface area contributed by atoms with Crippen LogP contribution in [0, 0.1) is 6.92 Å². The van der Waals surface area contributed by atoms with Gasteiger partial charge in [-0.1, -0.05) is 35.9 Å². The zero-order valence-corrected chi connectivity index (χ0v) is 15.8. The molecule has 0 heterocycles. The molecule has 6 heteroatoms. The van der Waals surface area contributed by atoms with Crippen molar-refractivity contribution in [1.82, 2.24) is 0 Å². The summed E-state index contributed by atoms with van der Waals surface area (Å²) in [7, 11) is -2.19. The number of para-hydroxylation sites is 1. The first-order chi connectivity index (χ1) is 12.4. The summed E-state index contributed by atoms with van der Waals surface area (Å²) in [5, 5.41) is 2.83. The van der Waals surface area contributed by atoms with E-state index in [-0.39, 0.29) is 4.90 Å². The summed E-state index contributed by atoms with van der Waals surface area (Å²) in [4.78, 5) is 13.2. The predicted octanol–water partition coefficient (Wildman–Crippen LogP) is 3.48. The highest BCUT2D eigenvalue weighted by Crippen LogP contribution is 2.44. The molecule has 0 unspecified atom stereocenters. The van der Waals surface area contributed by atoms with Gasteiger partial charge in [0.2, 0.25) is 5.91 Å². The van der Waals surface area contributed by atoms with Gasteiger partial charge in [-0.05, 0) is 44.4 Å². The number of sulfone groups is 1. The van der Waals surface area contributed by atoms with Crippen LogP contribution in [0.5, 0.6) is 0 Å². The number of benzene rings is 2. The number of amides is 1. The van der Waals surface area contributed by atoms with Gasteiger partial charge in [-0.25, -0.2) is 8.42 Å². The molecule has 1 saturated carbocycles. The molecule has 0 spiro atoms. The summed E-state index contributed by atoms with van der Waals surface area (Å²) in [6.45, 7) is 2.24. The molecule has 138 valence electrons. The number of carbonyl (C=O) groups excluding carboxylic acids is 1. The largest absolute Gasteiger partial charge is 0.380 e. The van der Waals surface area contributed by atoms with Gasteiger partial charge in [-0.2, -0.15) is 0 Å². The highest BCUT2D eigenvalue weighted by atomic mass is 32.2. The van der Waals surface area contributed by atoms with Crippen molar-refractivity contribution in [3.8, 4) is 0 Å². The summed E-state index contributed by atoms with van der Waals surface area (Å²) in [5.41, 5.74) is 2.37. The fourth-order valence-corrected chi connectivity index (χ4v) is 5.29. The molecule has 0 aliphatic heterocycles. The molecule has 0 saturated heterocycles. The normalized spacial score (nSPS) is 15.9. The molecule has 2 aromatic carbocycles. The minimum atomic E-state index is -3.77. The first-order valence-corrected chi connectivity index (χ1v) is 10.1. The number of methoxy groups -OCH3 is 1. The third-order valence-electron chi connectivity index (χ3n) is 4.99. The van der Waals surface area contributed by atoms with Gasteiger partial charge in [0, 0.05) is 18.4 Å². The molecule has 2 aromatic rings. The van der Waals surface area contributed by atoms with E-state index < -0.39 is 20.5 Å². The van der Waals surface area contributed by atoms with Gasteiger partial charge in [-0.3, -0.25) is 4.79 Å². The lowest BCUT2D eigenvalue weighted by Crippen LogP contribution is -2.54. The van der Waals surface area contributed by atoms with Gasteiger partial charge in [-0.15, -0.1) is 0 Å². The van der Waals surface area contributed by atoms with Crippen LogP contribution >= 0.6 is 0 Å². The smallest absolute Gasteiger partial charge is 0.246 e. The number of aryl methyl sites for hydroxylation is 1. The van der Waals surface area contributed by atoms with E-state index in [2.05, 4.69) is 5.32 Å². The van der Waals surface area contributed by atoms with Crippen LogP contribution in [0.2, 0.25) is 0 Å². The first-order valence-electron chi connectivity index (χ1n) is 8.60. The lowest BCUT2D eigenvalue weighted by Gasteiger charge is -2.39. The second-order valence-electron chi connectivity index (χ2n) is 6.71. The van der Waals surface area contributed by atoms with Gasteiger partial charge in [0.15, 0.2) is 14.6 Å². The van der Waals surface area contributed by atoms with Crippen molar-refractivity contribution in [2.75, 3.05) is 12.4 Å². The van der Waals surface area contributed by atoms with Crippen molar-refractivity contribution in [2.24, 2.45) is 0 Å². The van der Waals surface area contributed by atoms with Gasteiger partial charge in [0.1, 0.15) is 0 Å². The number of hydrogen-bond acceptors (Lipinski definition) is 4. The Labute approximate surface area is 154 Å². The Hall–Kier alpha value is -2.18. The average Bonchev–Trinajstić information content (AvgIpc) is 2.56. The minimum absolute atomic E-state index is 0.197. The van der Waals surface area contributed by atoms with Gasteiger partial charge in [0.25, 0.3) is 0 Å². The molecule has 1 amide bonds. The molecule has 1 N–H and O–H groups in total. The molecule has 1 aliphatic carbocycles. The van der Waals surface area contributed by atoms with E-state index in [0.29, 0.717) is 25.1 Å². The molecule has 1 aliphatic rings. The third kappa shape index (κ3) is 3.15. The van der Waals surface area contributed by atoms with Crippen LogP contribution in [0.25, 0.3) is 0 Å². The van der Waals surface area contributed by atoms with E-state index in [1.165, 1.54) is 0 Å². The maximum atomic E-state index is 13.2. The summed E-state index contributed by atoms with van der Waals surface area (Å²) >= 11 is 0. The quantitative estimate of drug-likeness (QED) is 0.841. The Kier molecular flexibility index (Phi) is 5.16. The molecule has 0 aromatic heterocycles. The Morgan fingerprint density at radius 2 is 1.77 bits per heavy atom. The monoisotopic (exact) mass is 373 g/mol. The number of anilines is 1. The molecule has 1 fully saturated rings. The fourth-order valence-electron chi connectivity index (χ4n) is 3.22. The van der Waals surface area contributed by atoms with Crippen molar-refractivity contribution >= 4 is 21.4 Å². The van der Waals surface area contributed by atoms with Crippen LogP contribution in [0.15, 0.2) is 53.4 Å². The van der Waals surface area contributed by atoms with E-state index in [1.807, 2.05) is 19.1 Å². The molecule has 0 radical (unpaired) electrons. The number of ether oxygens (including phenoxy) is 1. The van der Waals surface area contributed by atoms with E-state index >= 15 is 0 Å². The molecule has 0 bridgehead atoms. The Bertz CT molecular complexity index is 900. The van der Waals surface area contributed by atoms with Gasteiger partial charge >= 0.3 is 0 Å². The molecular formula is C20H23NO4S. The van der Waals surface area contributed by atoms with E-state index in [9.17, 15) is 13.2 Å². The Morgan fingerprint density at radius 3 is 2.35 bits per heavy atom. The summed E-state index contributed by atoms with van der Waals surface area (Å²) in [6.07, 6.45) is 1.39. The lowest BCUT2D eigenvalue weighted by atomic mass is 9.83. The SMILES string of the molecule is COCc1ccccc1NC(=O)C1(S(=O)(=O)c2ccc(C)cc2)CCC1. The standard InChI is InChI=1S/C20H23NO4S/c1-15-8-10-17(11-9-15)26(23,24)20(12-5-13-20)19(22)21-18-7-4-3-6-16(18)14-25-2/h3-4,6-11H,5,12-14H2,1-2H3,(H,21,22). The molecular weight excluding hydrogens is 350 g/mol. The zero-order chi connectivity index (χ0) is 18.8. The van der Waals surface area contributed by atoms with Crippen LogP contribution in [0.1, 0.15) is 30.4 Å². The zero-order valence-electron chi connectivity index (χ0n) is 15.0. The van der Waals surface area contributed by atoms with E-state index in [1.54, 1.807) is 43.5 Å². The van der Waals surface area contributed by atoms with Crippen molar-refractivity contribution in [3.05, 3.63) is 59.7 Å². The van der Waals surface area contributed by atoms with Gasteiger partial charge < -0.3 is 10.1 Å². The van der Waals surface area contributed by atoms with Crippen molar-refractivity contribution in [3.63, 3.8) is 0 Å². The number of rotatable bonds is 6. The minimum Gasteiger partial charge on any atom is -0.380 e. The van der Waals surface area contributed by atoms with Crippen molar-refractivity contribution in [2.45, 2.75) is 42.4 Å². The van der Waals surface area contributed by atoms with Crippen LogP contribution < -0.4 is 5.32 Å². The Morgan fingerprint density at radius 1 is 1.12 bits per heavy atom. The highest BCUT2D eigenvalue weighted by molar-refractivity contribution is 7.93. The topological polar surface area (TPSA) is 72.5 Å². The number of hydrogen-bond donors (Lipinski definition) is 1. The van der Waals surface area contributed by atoms with Crippen LogP contribution in [-0.4, -0.2) is 26.2 Å². The third-order valence-corrected chi connectivity index (χ3v) is 7.50. The summed E-state index contributed by atoms with van der Waals surface area (Å²) in [6, 6.07) is 13.9.